The summed E-state index contributed by atoms with van der Waals surface area (Å²) >= 11 is 3.62. The van der Waals surface area contributed by atoms with Crippen molar-refractivity contribution in [3.8, 4) is 0 Å². The summed E-state index contributed by atoms with van der Waals surface area (Å²) in [6.45, 7) is 6.69. The second-order valence-electron chi connectivity index (χ2n) is 6.35. The van der Waals surface area contributed by atoms with Crippen LogP contribution in [0.25, 0.3) is 0 Å². The second kappa shape index (κ2) is 6.48. The molecule has 0 radical (unpaired) electrons. The third kappa shape index (κ3) is 3.98. The van der Waals surface area contributed by atoms with Gasteiger partial charge in [0, 0.05) is 29.8 Å². The van der Waals surface area contributed by atoms with Crippen LogP contribution in [0.4, 0.5) is 5.69 Å². The van der Waals surface area contributed by atoms with E-state index < -0.39 is 0 Å². The van der Waals surface area contributed by atoms with Crippen LogP contribution in [0.2, 0.25) is 0 Å². The molecule has 3 heteroatoms. The first-order valence-corrected chi connectivity index (χ1v) is 8.79. The minimum absolute atomic E-state index is 0.949. The first-order chi connectivity index (χ1) is 9.76. The van der Waals surface area contributed by atoms with Gasteiger partial charge in [0.1, 0.15) is 0 Å². The fourth-order valence-corrected chi connectivity index (χ4v) is 3.17. The molecule has 0 aliphatic heterocycles. The van der Waals surface area contributed by atoms with Crippen LogP contribution >= 0.6 is 15.9 Å². The van der Waals surface area contributed by atoms with E-state index in [2.05, 4.69) is 51.3 Å². The van der Waals surface area contributed by atoms with Gasteiger partial charge >= 0.3 is 0 Å². The van der Waals surface area contributed by atoms with Gasteiger partial charge in [-0.2, -0.15) is 0 Å². The van der Waals surface area contributed by atoms with Gasteiger partial charge in [0.05, 0.1) is 0 Å². The number of halogens is 1. The molecule has 0 saturated heterocycles. The van der Waals surface area contributed by atoms with Crippen molar-refractivity contribution in [1.82, 2.24) is 5.32 Å². The fraction of sp³-hybridized carbons (Fsp3) is 0.647. The van der Waals surface area contributed by atoms with Crippen LogP contribution in [0, 0.1) is 11.8 Å². The van der Waals surface area contributed by atoms with E-state index in [4.69, 9.17) is 0 Å². The van der Waals surface area contributed by atoms with Crippen molar-refractivity contribution in [3.63, 3.8) is 0 Å². The highest BCUT2D eigenvalue weighted by molar-refractivity contribution is 9.10. The summed E-state index contributed by atoms with van der Waals surface area (Å²) in [5.41, 5.74) is 2.88. The summed E-state index contributed by atoms with van der Waals surface area (Å²) in [6, 6.07) is 6.78. The molecule has 3 rings (SSSR count). The molecule has 0 aromatic heterocycles. The molecule has 2 saturated carbocycles. The van der Waals surface area contributed by atoms with Crippen molar-refractivity contribution in [2.45, 2.75) is 39.2 Å². The highest BCUT2D eigenvalue weighted by atomic mass is 79.9. The average Bonchev–Trinajstić information content (AvgIpc) is 3.31. The molecule has 0 atom stereocenters. The topological polar surface area (TPSA) is 15.3 Å². The largest absolute Gasteiger partial charge is 0.371 e. The molecule has 2 aliphatic carbocycles. The molecular weight excluding hydrogens is 312 g/mol. The third-order valence-corrected chi connectivity index (χ3v) is 4.79. The van der Waals surface area contributed by atoms with E-state index in [0.717, 1.165) is 24.9 Å². The Balaban J connectivity index is 1.78. The van der Waals surface area contributed by atoms with Crippen LogP contribution in [0.15, 0.2) is 22.7 Å². The summed E-state index contributed by atoms with van der Waals surface area (Å²) < 4.78 is 1.19. The Kier molecular flexibility index (Phi) is 4.67. The lowest BCUT2D eigenvalue weighted by Crippen LogP contribution is -2.29. The predicted molar refractivity (Wildman–Crippen MR) is 89.2 cm³/mol. The molecule has 0 heterocycles. The Bertz CT molecular complexity index is 438. The zero-order valence-corrected chi connectivity index (χ0v) is 14.0. The van der Waals surface area contributed by atoms with E-state index in [1.807, 2.05) is 0 Å². The minimum Gasteiger partial charge on any atom is -0.371 e. The molecule has 110 valence electrons. The van der Waals surface area contributed by atoms with Gasteiger partial charge in [0.2, 0.25) is 0 Å². The highest BCUT2D eigenvalue weighted by Gasteiger charge is 2.30. The second-order valence-corrected chi connectivity index (χ2v) is 7.26. The van der Waals surface area contributed by atoms with Crippen molar-refractivity contribution in [2.75, 3.05) is 24.5 Å². The first-order valence-electron chi connectivity index (χ1n) is 8.00. The number of hydrogen-bond acceptors (Lipinski definition) is 2. The first kappa shape index (κ1) is 14.4. The van der Waals surface area contributed by atoms with Crippen molar-refractivity contribution in [1.29, 1.82) is 0 Å². The Labute approximate surface area is 131 Å². The van der Waals surface area contributed by atoms with Gasteiger partial charge in [0.25, 0.3) is 0 Å². The molecule has 0 spiro atoms. The molecule has 0 unspecified atom stereocenters. The molecule has 1 aromatic carbocycles. The van der Waals surface area contributed by atoms with Crippen molar-refractivity contribution >= 4 is 21.6 Å². The predicted octanol–water partition coefficient (Wildman–Crippen LogP) is 4.19. The van der Waals surface area contributed by atoms with E-state index in [1.165, 1.54) is 54.5 Å². The number of hydrogen-bond donors (Lipinski definition) is 1. The molecule has 0 bridgehead atoms. The Morgan fingerprint density at radius 3 is 2.35 bits per heavy atom. The summed E-state index contributed by atoms with van der Waals surface area (Å²) in [7, 11) is 0. The highest BCUT2D eigenvalue weighted by Crippen LogP contribution is 2.37. The van der Waals surface area contributed by atoms with Gasteiger partial charge < -0.3 is 10.2 Å². The number of nitrogens with one attached hydrogen (secondary N) is 1. The molecule has 2 aliphatic rings. The lowest BCUT2D eigenvalue weighted by molar-refractivity contribution is 0.667. The van der Waals surface area contributed by atoms with Gasteiger partial charge in [-0.15, -0.1) is 0 Å². The van der Waals surface area contributed by atoms with Crippen LogP contribution in [-0.4, -0.2) is 19.6 Å². The Morgan fingerprint density at radius 1 is 1.15 bits per heavy atom. The standard InChI is InChI=1S/C17H25BrN2/c1-2-19-10-15-9-16(18)7-8-17(15)20(11-13-3-4-13)12-14-5-6-14/h7-9,13-14,19H,2-6,10-12H2,1H3. The number of rotatable bonds is 8. The zero-order valence-electron chi connectivity index (χ0n) is 12.4. The van der Waals surface area contributed by atoms with Crippen molar-refractivity contribution in [2.24, 2.45) is 11.8 Å². The normalized spacial score (nSPS) is 18.3. The fourth-order valence-electron chi connectivity index (χ4n) is 2.76. The molecule has 2 nitrogen and oxygen atoms in total. The quantitative estimate of drug-likeness (QED) is 0.765. The van der Waals surface area contributed by atoms with E-state index in [-0.39, 0.29) is 0 Å². The number of nitrogens with zero attached hydrogens (tertiary/aromatic N) is 1. The lowest BCUT2D eigenvalue weighted by Gasteiger charge is -2.27. The molecule has 1 aromatic rings. The van der Waals surface area contributed by atoms with Crippen LogP contribution in [0.3, 0.4) is 0 Å². The smallest absolute Gasteiger partial charge is 0.0412 e. The maximum absolute atomic E-state index is 3.62. The molecule has 20 heavy (non-hydrogen) atoms. The molecule has 1 N–H and O–H groups in total. The van der Waals surface area contributed by atoms with Crippen molar-refractivity contribution < 1.29 is 0 Å². The number of benzene rings is 1. The summed E-state index contributed by atoms with van der Waals surface area (Å²) in [4.78, 5) is 2.66. The lowest BCUT2D eigenvalue weighted by atomic mass is 10.1. The van der Waals surface area contributed by atoms with Crippen molar-refractivity contribution in [3.05, 3.63) is 28.2 Å². The van der Waals surface area contributed by atoms with E-state index in [9.17, 15) is 0 Å². The maximum Gasteiger partial charge on any atom is 0.0412 e. The SMILES string of the molecule is CCNCc1cc(Br)ccc1N(CC1CC1)CC1CC1. The Hall–Kier alpha value is -0.540. The molecular formula is C17H25BrN2. The van der Waals surface area contributed by atoms with Crippen LogP contribution in [0.5, 0.6) is 0 Å². The van der Waals surface area contributed by atoms with E-state index >= 15 is 0 Å². The molecule has 0 amide bonds. The van der Waals surface area contributed by atoms with E-state index in [1.54, 1.807) is 0 Å². The summed E-state index contributed by atoms with van der Waals surface area (Å²) in [5.74, 6) is 1.90. The summed E-state index contributed by atoms with van der Waals surface area (Å²) in [6.07, 6.45) is 5.72. The van der Waals surface area contributed by atoms with E-state index in [0.29, 0.717) is 0 Å². The monoisotopic (exact) mass is 336 g/mol. The average molecular weight is 337 g/mol. The van der Waals surface area contributed by atoms with Crippen LogP contribution in [0.1, 0.15) is 38.2 Å². The third-order valence-electron chi connectivity index (χ3n) is 4.30. The van der Waals surface area contributed by atoms with Crippen LogP contribution < -0.4 is 10.2 Å². The molecule has 2 fully saturated rings. The van der Waals surface area contributed by atoms with Gasteiger partial charge in [-0.05, 0) is 67.8 Å². The van der Waals surface area contributed by atoms with Gasteiger partial charge in [0.15, 0.2) is 0 Å². The summed E-state index contributed by atoms with van der Waals surface area (Å²) in [5, 5.41) is 3.48. The van der Waals surface area contributed by atoms with Gasteiger partial charge in [-0.3, -0.25) is 0 Å². The maximum atomic E-state index is 3.62. The van der Waals surface area contributed by atoms with Crippen LogP contribution in [-0.2, 0) is 6.54 Å². The van der Waals surface area contributed by atoms with Gasteiger partial charge in [-0.25, -0.2) is 0 Å². The number of anilines is 1. The van der Waals surface area contributed by atoms with Gasteiger partial charge in [-0.1, -0.05) is 22.9 Å². The zero-order chi connectivity index (χ0) is 13.9. The Morgan fingerprint density at radius 2 is 1.80 bits per heavy atom. The minimum atomic E-state index is 0.949.